The monoisotopic (exact) mass is 629 g/mol. The van der Waals surface area contributed by atoms with Crippen LogP contribution in [0.4, 0.5) is 14.5 Å². The molecule has 2 fully saturated rings. The Morgan fingerprint density at radius 3 is 2.55 bits per heavy atom. The smallest absolute Gasteiger partial charge is 0.254 e. The van der Waals surface area contributed by atoms with Gasteiger partial charge in [0.2, 0.25) is 5.91 Å². The summed E-state index contributed by atoms with van der Waals surface area (Å²) in [5.74, 6) is -1.37. The molecule has 3 aliphatic rings. The molecule has 42 heavy (non-hydrogen) atoms. The van der Waals surface area contributed by atoms with Crippen LogP contribution in [0.2, 0.25) is 0 Å². The van der Waals surface area contributed by atoms with Gasteiger partial charge in [-0.05, 0) is 31.5 Å². The van der Waals surface area contributed by atoms with Crippen LogP contribution in [0, 0.1) is 11.6 Å². The Balaban J connectivity index is 0.00000242. The number of anilines is 1. The molecule has 3 aliphatic heterocycles. The van der Waals surface area contributed by atoms with Crippen molar-refractivity contribution in [1.82, 2.24) is 19.7 Å². The van der Waals surface area contributed by atoms with Crippen molar-refractivity contribution in [3.05, 3.63) is 63.1 Å². The molecule has 1 amide bonds. The number of ether oxygens (including phenoxy) is 1. The van der Waals surface area contributed by atoms with E-state index in [1.807, 2.05) is 13.8 Å². The summed E-state index contributed by atoms with van der Waals surface area (Å²) in [6, 6.07) is 5.92. The van der Waals surface area contributed by atoms with Crippen LogP contribution >= 0.6 is 24.8 Å². The van der Waals surface area contributed by atoms with Gasteiger partial charge < -0.3 is 19.5 Å². The molecule has 2 aromatic rings. The van der Waals surface area contributed by atoms with Gasteiger partial charge in [0, 0.05) is 81.4 Å². The van der Waals surface area contributed by atoms with Crippen LogP contribution in [0.15, 0.2) is 29.1 Å². The second kappa shape index (κ2) is 13.7. The lowest BCUT2D eigenvalue weighted by Gasteiger charge is -2.43. The number of piperazine rings is 1. The Labute approximate surface area is 259 Å². The number of pyridine rings is 1. The van der Waals surface area contributed by atoms with Crippen LogP contribution in [0.5, 0.6) is 0 Å². The first-order chi connectivity index (χ1) is 18.9. The van der Waals surface area contributed by atoms with Crippen molar-refractivity contribution >= 4 is 36.4 Å². The highest BCUT2D eigenvalue weighted by atomic mass is 35.5. The number of halogens is 4. The number of nitrogens with zero attached hydrogens (tertiary/aromatic N) is 4. The molecule has 5 rings (SSSR count). The molecule has 0 unspecified atom stereocenters. The van der Waals surface area contributed by atoms with E-state index in [1.54, 1.807) is 22.6 Å². The minimum atomic E-state index is -0.690. The molecule has 0 aliphatic carbocycles. The molecule has 1 aromatic carbocycles. The number of hydrogen-bond donors (Lipinski definition) is 1. The van der Waals surface area contributed by atoms with Crippen LogP contribution < -0.4 is 15.8 Å². The SMILES string of the molecule is C[C@@H]1CN(CC(=O)N2CC(C)(C)c3c2cc(Cc2ccc(F)cc2F)c(=O)n3C)[C@@H](CN2CCOC[C@H]2C)CN1.Cl.Cl. The molecular formula is C30H43Cl2F2N5O3. The van der Waals surface area contributed by atoms with Crippen molar-refractivity contribution < 1.29 is 18.3 Å². The minimum Gasteiger partial charge on any atom is -0.379 e. The maximum absolute atomic E-state index is 14.5. The van der Waals surface area contributed by atoms with Gasteiger partial charge in [0.1, 0.15) is 11.6 Å². The van der Waals surface area contributed by atoms with E-state index in [9.17, 15) is 18.4 Å². The number of nitrogens with one attached hydrogen (secondary N) is 1. The van der Waals surface area contributed by atoms with Gasteiger partial charge in [-0.2, -0.15) is 0 Å². The molecule has 1 N–H and O–H groups in total. The number of hydrogen-bond acceptors (Lipinski definition) is 6. The Hall–Kier alpha value is -2.08. The quantitative estimate of drug-likeness (QED) is 0.530. The molecule has 0 spiro atoms. The highest BCUT2D eigenvalue weighted by Gasteiger charge is 2.42. The van der Waals surface area contributed by atoms with Crippen LogP contribution in [-0.2, 0) is 28.4 Å². The van der Waals surface area contributed by atoms with Crippen molar-refractivity contribution in [3.8, 4) is 0 Å². The molecule has 3 atom stereocenters. The van der Waals surface area contributed by atoms with E-state index in [-0.39, 0.29) is 66.9 Å². The zero-order valence-corrected chi connectivity index (χ0v) is 26.6. The average molecular weight is 631 g/mol. The summed E-state index contributed by atoms with van der Waals surface area (Å²) in [7, 11) is 1.71. The summed E-state index contributed by atoms with van der Waals surface area (Å²) in [6.07, 6.45) is 0.0175. The lowest BCUT2D eigenvalue weighted by Crippen LogP contribution is -2.62. The van der Waals surface area contributed by atoms with Crippen molar-refractivity contribution in [2.75, 3.05) is 57.4 Å². The van der Waals surface area contributed by atoms with Gasteiger partial charge in [-0.1, -0.05) is 19.9 Å². The van der Waals surface area contributed by atoms with E-state index in [0.29, 0.717) is 23.8 Å². The minimum absolute atomic E-state index is 0. The first kappa shape index (κ1) is 34.4. The predicted molar refractivity (Wildman–Crippen MR) is 165 cm³/mol. The van der Waals surface area contributed by atoms with Crippen LogP contribution in [0.1, 0.15) is 44.5 Å². The summed E-state index contributed by atoms with van der Waals surface area (Å²) in [6.45, 7) is 13.9. The molecule has 2 saturated heterocycles. The summed E-state index contributed by atoms with van der Waals surface area (Å²) < 4.78 is 35.1. The Morgan fingerprint density at radius 1 is 1.12 bits per heavy atom. The first-order valence-electron chi connectivity index (χ1n) is 14.2. The fraction of sp³-hybridized carbons (Fsp3) is 0.600. The largest absolute Gasteiger partial charge is 0.379 e. The number of amides is 1. The van der Waals surface area contributed by atoms with Crippen LogP contribution in [0.3, 0.4) is 0 Å². The number of fused-ring (bicyclic) bond motifs is 1. The molecule has 0 radical (unpaired) electrons. The molecule has 4 heterocycles. The maximum atomic E-state index is 14.5. The summed E-state index contributed by atoms with van der Waals surface area (Å²) in [5, 5.41) is 3.57. The number of carbonyl (C=O) groups is 1. The summed E-state index contributed by atoms with van der Waals surface area (Å²) in [5.41, 5.74) is 1.43. The van der Waals surface area contributed by atoms with Crippen molar-refractivity contribution in [2.45, 2.75) is 57.7 Å². The Bertz CT molecular complexity index is 1340. The molecule has 0 saturated carbocycles. The van der Waals surface area contributed by atoms with Gasteiger partial charge in [-0.25, -0.2) is 8.78 Å². The third-order valence-corrected chi connectivity index (χ3v) is 8.67. The second-order valence-corrected chi connectivity index (χ2v) is 12.4. The maximum Gasteiger partial charge on any atom is 0.254 e. The molecule has 234 valence electrons. The van der Waals surface area contributed by atoms with Gasteiger partial charge in [-0.3, -0.25) is 19.4 Å². The topological polar surface area (TPSA) is 70.1 Å². The third kappa shape index (κ3) is 7.00. The van der Waals surface area contributed by atoms with Gasteiger partial charge in [0.15, 0.2) is 0 Å². The summed E-state index contributed by atoms with van der Waals surface area (Å²) >= 11 is 0. The van der Waals surface area contributed by atoms with E-state index in [1.165, 1.54) is 12.1 Å². The lowest BCUT2D eigenvalue weighted by molar-refractivity contribution is -0.121. The van der Waals surface area contributed by atoms with Crippen LogP contribution in [0.25, 0.3) is 0 Å². The van der Waals surface area contributed by atoms with Crippen LogP contribution in [-0.4, -0.2) is 90.9 Å². The standard InChI is InChI=1S/C30H41F2N5O3.2ClH/c1-19-14-36(24(13-33-19)15-35-8-9-40-17-20(35)2)16-27(38)37-18-30(3,4)28-26(37)11-22(29(39)34(28)5)10-21-6-7-23(31)12-25(21)32;;/h6-7,11-12,19-20,24,33H,8-10,13-18H2,1-5H3;2*1H/t19-,20-,24-;;/m1../s1. The van der Waals surface area contributed by atoms with E-state index in [0.717, 1.165) is 51.2 Å². The van der Waals surface area contributed by atoms with E-state index in [2.05, 4.69) is 29.0 Å². The number of aromatic nitrogens is 1. The van der Waals surface area contributed by atoms with E-state index >= 15 is 0 Å². The van der Waals surface area contributed by atoms with Gasteiger partial charge >= 0.3 is 0 Å². The highest BCUT2D eigenvalue weighted by molar-refractivity contribution is 5.97. The second-order valence-electron chi connectivity index (χ2n) is 12.4. The lowest BCUT2D eigenvalue weighted by atomic mass is 9.90. The molecule has 12 heteroatoms. The van der Waals surface area contributed by atoms with E-state index in [4.69, 9.17) is 4.74 Å². The fourth-order valence-corrected chi connectivity index (χ4v) is 6.53. The summed E-state index contributed by atoms with van der Waals surface area (Å²) in [4.78, 5) is 33.8. The predicted octanol–water partition coefficient (Wildman–Crippen LogP) is 3.11. The zero-order valence-electron chi connectivity index (χ0n) is 25.0. The zero-order chi connectivity index (χ0) is 28.8. The van der Waals surface area contributed by atoms with Gasteiger partial charge in [0.25, 0.3) is 5.56 Å². The molecule has 0 bridgehead atoms. The fourth-order valence-electron chi connectivity index (χ4n) is 6.53. The van der Waals surface area contributed by atoms with Gasteiger partial charge in [-0.15, -0.1) is 24.8 Å². The Morgan fingerprint density at radius 2 is 1.86 bits per heavy atom. The molecule has 1 aromatic heterocycles. The number of rotatable bonds is 6. The average Bonchev–Trinajstić information content (AvgIpc) is 3.17. The number of morpholine rings is 1. The normalized spacial score (nSPS) is 24.1. The highest BCUT2D eigenvalue weighted by Crippen LogP contribution is 2.40. The first-order valence-corrected chi connectivity index (χ1v) is 14.2. The van der Waals surface area contributed by atoms with Crippen molar-refractivity contribution in [1.29, 1.82) is 0 Å². The van der Waals surface area contributed by atoms with Crippen molar-refractivity contribution in [3.63, 3.8) is 0 Å². The number of benzene rings is 1. The third-order valence-electron chi connectivity index (χ3n) is 8.67. The van der Waals surface area contributed by atoms with Crippen molar-refractivity contribution in [2.24, 2.45) is 7.05 Å². The van der Waals surface area contributed by atoms with E-state index < -0.39 is 17.0 Å². The number of carbonyl (C=O) groups excluding carboxylic acids is 1. The van der Waals surface area contributed by atoms with Gasteiger partial charge in [0.05, 0.1) is 31.1 Å². The molecular weight excluding hydrogens is 587 g/mol. The molecule has 8 nitrogen and oxygen atoms in total. The Kier molecular flexibility index (Phi) is 11.2.